The molecule has 1 amide bonds. The van der Waals surface area contributed by atoms with Crippen molar-refractivity contribution < 1.29 is 9.90 Å². The first-order chi connectivity index (χ1) is 15.0. The fraction of sp³-hybridized carbons (Fsp3) is 0.455. The predicted molar refractivity (Wildman–Crippen MR) is 117 cm³/mol. The van der Waals surface area contributed by atoms with Gasteiger partial charge in [-0.25, -0.2) is 9.50 Å². The molecule has 0 bridgehead atoms. The van der Waals surface area contributed by atoms with Crippen molar-refractivity contribution in [2.75, 3.05) is 24.5 Å². The summed E-state index contributed by atoms with van der Waals surface area (Å²) in [5.41, 5.74) is 3.22. The van der Waals surface area contributed by atoms with Crippen molar-refractivity contribution in [2.45, 2.75) is 38.3 Å². The van der Waals surface area contributed by atoms with Gasteiger partial charge in [0.05, 0.1) is 35.4 Å². The first kappa shape index (κ1) is 20.0. The van der Waals surface area contributed by atoms with Gasteiger partial charge in [0.2, 0.25) is 0 Å². The van der Waals surface area contributed by atoms with Crippen LogP contribution in [0.15, 0.2) is 29.1 Å². The second-order valence-electron chi connectivity index (χ2n) is 8.35. The molecule has 31 heavy (non-hydrogen) atoms. The molecule has 3 aromatic heterocycles. The zero-order chi connectivity index (χ0) is 21.5. The Morgan fingerprint density at radius 3 is 2.97 bits per heavy atom. The van der Waals surface area contributed by atoms with Crippen LogP contribution >= 0.6 is 11.3 Å². The number of β-amino-alcohol motifs (C(OH)–C–C–N with tert-alkyl or cyclic N) is 1. The highest BCUT2D eigenvalue weighted by atomic mass is 32.1. The van der Waals surface area contributed by atoms with E-state index in [2.05, 4.69) is 6.07 Å². The molecule has 0 aliphatic carbocycles. The van der Waals surface area contributed by atoms with Gasteiger partial charge in [0.1, 0.15) is 5.82 Å². The van der Waals surface area contributed by atoms with Gasteiger partial charge in [-0.1, -0.05) is 0 Å². The lowest BCUT2D eigenvalue weighted by molar-refractivity contribution is 0.0606. The van der Waals surface area contributed by atoms with E-state index in [0.29, 0.717) is 18.7 Å². The fourth-order valence-electron chi connectivity index (χ4n) is 4.62. The Hall–Kier alpha value is -2.96. The molecule has 3 unspecified atom stereocenters. The topological polar surface area (TPSA) is 97.8 Å². The van der Waals surface area contributed by atoms with Gasteiger partial charge in [-0.2, -0.15) is 21.7 Å². The van der Waals surface area contributed by atoms with Gasteiger partial charge >= 0.3 is 0 Å². The molecule has 2 saturated heterocycles. The number of aromatic nitrogens is 3. The molecule has 3 aromatic rings. The summed E-state index contributed by atoms with van der Waals surface area (Å²) in [5.74, 6) is 0.420. The highest BCUT2D eigenvalue weighted by Crippen LogP contribution is 2.33. The predicted octanol–water partition coefficient (Wildman–Crippen LogP) is 2.79. The first-order valence-electron chi connectivity index (χ1n) is 10.6. The molecule has 2 aliphatic rings. The van der Waals surface area contributed by atoms with Crippen LogP contribution in [0.5, 0.6) is 0 Å². The van der Waals surface area contributed by atoms with Gasteiger partial charge in [0.15, 0.2) is 5.65 Å². The Morgan fingerprint density at radius 1 is 1.35 bits per heavy atom. The van der Waals surface area contributed by atoms with Crippen LogP contribution in [0.1, 0.15) is 46.9 Å². The summed E-state index contributed by atoms with van der Waals surface area (Å²) in [6.45, 7) is 3.55. The van der Waals surface area contributed by atoms with Crippen molar-refractivity contribution in [2.24, 2.45) is 5.92 Å². The SMILES string of the molecule is Cc1cn2nc(C3CCCCN3C(=O)c3ccsc3)cc2nc1N1CC(O)C(C#N)C1. The van der Waals surface area contributed by atoms with E-state index in [0.717, 1.165) is 48.4 Å². The number of nitriles is 1. The average molecular weight is 437 g/mol. The van der Waals surface area contributed by atoms with Crippen LogP contribution in [0, 0.1) is 24.2 Å². The van der Waals surface area contributed by atoms with Gasteiger partial charge in [-0.3, -0.25) is 4.79 Å². The first-order valence-corrected chi connectivity index (χ1v) is 11.5. The molecule has 9 heteroatoms. The van der Waals surface area contributed by atoms with Crippen molar-refractivity contribution in [3.8, 4) is 6.07 Å². The normalized spacial score (nSPS) is 24.0. The molecule has 160 valence electrons. The maximum Gasteiger partial charge on any atom is 0.255 e. The van der Waals surface area contributed by atoms with E-state index in [1.807, 2.05) is 45.8 Å². The molecule has 0 spiro atoms. The number of anilines is 1. The molecular formula is C22H24N6O2S. The number of aliphatic hydroxyl groups is 1. The number of aliphatic hydroxyl groups excluding tert-OH is 1. The highest BCUT2D eigenvalue weighted by molar-refractivity contribution is 7.08. The average Bonchev–Trinajstić information content (AvgIpc) is 3.52. The van der Waals surface area contributed by atoms with E-state index in [4.69, 9.17) is 10.1 Å². The third-order valence-electron chi connectivity index (χ3n) is 6.25. The third kappa shape index (κ3) is 3.56. The maximum atomic E-state index is 13.1. The summed E-state index contributed by atoms with van der Waals surface area (Å²) in [7, 11) is 0. The second kappa shape index (κ2) is 7.94. The Bertz CT molecular complexity index is 1150. The summed E-state index contributed by atoms with van der Waals surface area (Å²) < 4.78 is 1.77. The second-order valence-corrected chi connectivity index (χ2v) is 9.13. The smallest absolute Gasteiger partial charge is 0.255 e. The summed E-state index contributed by atoms with van der Waals surface area (Å²) >= 11 is 1.53. The van der Waals surface area contributed by atoms with Crippen molar-refractivity contribution in [3.05, 3.63) is 45.9 Å². The molecule has 2 aliphatic heterocycles. The number of fused-ring (bicyclic) bond motifs is 1. The van der Waals surface area contributed by atoms with E-state index in [1.165, 1.54) is 11.3 Å². The van der Waals surface area contributed by atoms with Crippen LogP contribution in [-0.4, -0.2) is 56.2 Å². The molecular weight excluding hydrogens is 412 g/mol. The monoisotopic (exact) mass is 436 g/mol. The zero-order valence-corrected chi connectivity index (χ0v) is 18.1. The molecule has 2 fully saturated rings. The minimum atomic E-state index is -0.665. The number of likely N-dealkylation sites (tertiary alicyclic amines) is 1. The van der Waals surface area contributed by atoms with Crippen molar-refractivity contribution in [1.29, 1.82) is 5.26 Å². The van der Waals surface area contributed by atoms with Crippen molar-refractivity contribution >= 4 is 28.7 Å². The summed E-state index contributed by atoms with van der Waals surface area (Å²) in [6, 6.07) is 5.94. The van der Waals surface area contributed by atoms with Crippen molar-refractivity contribution in [3.63, 3.8) is 0 Å². The summed E-state index contributed by atoms with van der Waals surface area (Å²) in [4.78, 5) is 21.8. The van der Waals surface area contributed by atoms with Crippen LogP contribution in [0.25, 0.3) is 5.65 Å². The summed E-state index contributed by atoms with van der Waals surface area (Å²) in [6.07, 6.45) is 4.21. The lowest BCUT2D eigenvalue weighted by Crippen LogP contribution is -2.38. The summed E-state index contributed by atoms with van der Waals surface area (Å²) in [5, 5.41) is 27.9. The minimum Gasteiger partial charge on any atom is -0.390 e. The number of hydrogen-bond donors (Lipinski definition) is 1. The highest BCUT2D eigenvalue weighted by Gasteiger charge is 2.34. The molecule has 0 aromatic carbocycles. The van der Waals surface area contributed by atoms with Crippen molar-refractivity contribution in [1.82, 2.24) is 19.5 Å². The van der Waals surface area contributed by atoms with Gasteiger partial charge < -0.3 is 14.9 Å². The Labute approximate surface area is 184 Å². The largest absolute Gasteiger partial charge is 0.390 e. The number of aryl methyl sites for hydroxylation is 1. The van der Waals surface area contributed by atoms with Crippen LogP contribution in [-0.2, 0) is 0 Å². The number of amides is 1. The quantitative estimate of drug-likeness (QED) is 0.678. The van der Waals surface area contributed by atoms with Gasteiger partial charge in [-0.05, 0) is 37.6 Å². The lowest BCUT2D eigenvalue weighted by Gasteiger charge is -2.34. The number of carbonyl (C=O) groups excluding carboxylic acids is 1. The van der Waals surface area contributed by atoms with Crippen LogP contribution in [0.2, 0.25) is 0 Å². The van der Waals surface area contributed by atoms with E-state index in [1.54, 1.807) is 4.52 Å². The van der Waals surface area contributed by atoms with Crippen LogP contribution in [0.3, 0.4) is 0 Å². The zero-order valence-electron chi connectivity index (χ0n) is 17.3. The molecule has 3 atom stereocenters. The van der Waals surface area contributed by atoms with E-state index >= 15 is 0 Å². The van der Waals surface area contributed by atoms with E-state index in [-0.39, 0.29) is 11.9 Å². The Morgan fingerprint density at radius 2 is 2.23 bits per heavy atom. The number of nitrogens with zero attached hydrogens (tertiary/aromatic N) is 6. The van der Waals surface area contributed by atoms with Crippen LogP contribution in [0.4, 0.5) is 5.82 Å². The maximum absolute atomic E-state index is 13.1. The third-order valence-corrected chi connectivity index (χ3v) is 6.93. The van der Waals surface area contributed by atoms with E-state index in [9.17, 15) is 15.2 Å². The van der Waals surface area contributed by atoms with Gasteiger partial charge in [-0.15, -0.1) is 0 Å². The number of rotatable bonds is 3. The molecule has 5 heterocycles. The molecule has 1 N–H and O–H groups in total. The van der Waals surface area contributed by atoms with E-state index < -0.39 is 12.0 Å². The molecule has 0 saturated carbocycles. The fourth-order valence-corrected chi connectivity index (χ4v) is 5.25. The number of thiophene rings is 1. The molecule has 8 nitrogen and oxygen atoms in total. The number of piperidine rings is 1. The Balaban J connectivity index is 1.46. The minimum absolute atomic E-state index is 0.0569. The van der Waals surface area contributed by atoms with Gasteiger partial charge in [0, 0.05) is 42.8 Å². The van der Waals surface area contributed by atoms with Crippen LogP contribution < -0.4 is 4.90 Å². The molecule has 0 radical (unpaired) electrons. The standard InChI is InChI=1S/C22H24N6O2S/c1-14-10-28-20(24-21(14)26-11-16(9-23)19(29)12-26)8-17(25-28)18-4-2-3-6-27(18)22(30)15-5-7-31-13-15/h5,7-8,10,13,16,18-19,29H,2-4,6,11-12H2,1H3. The van der Waals surface area contributed by atoms with Gasteiger partial charge in [0.25, 0.3) is 5.91 Å². The number of hydrogen-bond acceptors (Lipinski definition) is 7. The molecule has 5 rings (SSSR count). The Kier molecular flexibility index (Phi) is 5.12. The lowest BCUT2D eigenvalue weighted by atomic mass is 9.98. The number of carbonyl (C=O) groups is 1.